The van der Waals surface area contributed by atoms with E-state index in [0.29, 0.717) is 5.54 Å². The van der Waals surface area contributed by atoms with Crippen LogP contribution in [0.25, 0.3) is 0 Å². The molecule has 2 rings (SSSR count). The maximum absolute atomic E-state index is 6.37. The van der Waals surface area contributed by atoms with E-state index >= 15 is 0 Å². The first kappa shape index (κ1) is 16.5. The van der Waals surface area contributed by atoms with Crippen molar-refractivity contribution < 1.29 is 8.85 Å². The van der Waals surface area contributed by atoms with Gasteiger partial charge in [0.25, 0.3) is 0 Å². The van der Waals surface area contributed by atoms with Crippen molar-refractivity contribution in [3.05, 3.63) is 6.04 Å². The van der Waals surface area contributed by atoms with Crippen molar-refractivity contribution in [2.75, 3.05) is 13.2 Å². The summed E-state index contributed by atoms with van der Waals surface area (Å²) in [6.07, 6.45) is 13.8. The minimum absolute atomic E-state index is 0.707. The van der Waals surface area contributed by atoms with Crippen LogP contribution in [-0.4, -0.2) is 21.8 Å². The normalized spacial score (nSPS) is 23.1. The first-order valence-electron chi connectivity index (χ1n) is 8.94. The van der Waals surface area contributed by atoms with Gasteiger partial charge in [-0.25, -0.2) is 0 Å². The van der Waals surface area contributed by atoms with Gasteiger partial charge in [0.05, 0.1) is 0 Å². The molecule has 2 nitrogen and oxygen atoms in total. The smallest absolute Gasteiger partial charge is 0.345 e. The molecule has 117 valence electrons. The summed E-state index contributed by atoms with van der Waals surface area (Å²) in [6, 6.07) is 2.61. The van der Waals surface area contributed by atoms with Gasteiger partial charge in [-0.1, -0.05) is 51.4 Å². The summed E-state index contributed by atoms with van der Waals surface area (Å²) in [5.41, 5.74) is 0.707. The fourth-order valence-corrected chi connectivity index (χ4v) is 8.22. The molecule has 0 aromatic rings. The molecule has 0 atom stereocenters. The van der Waals surface area contributed by atoms with Crippen molar-refractivity contribution in [1.29, 1.82) is 0 Å². The highest BCUT2D eigenvalue weighted by Crippen LogP contribution is 2.42. The van der Waals surface area contributed by atoms with Crippen molar-refractivity contribution in [3.8, 4) is 0 Å². The van der Waals surface area contributed by atoms with Gasteiger partial charge in [0, 0.05) is 24.8 Å². The Kier molecular flexibility index (Phi) is 7.06. The van der Waals surface area contributed by atoms with Gasteiger partial charge >= 0.3 is 8.56 Å². The van der Waals surface area contributed by atoms with Crippen LogP contribution in [0.2, 0.25) is 5.54 Å². The summed E-state index contributed by atoms with van der Waals surface area (Å²) in [4.78, 5) is 0. The molecule has 2 aliphatic carbocycles. The lowest BCUT2D eigenvalue weighted by Gasteiger charge is -2.41. The number of hydrogen-bond acceptors (Lipinski definition) is 2. The van der Waals surface area contributed by atoms with Crippen molar-refractivity contribution in [1.82, 2.24) is 0 Å². The molecule has 0 aliphatic heterocycles. The maximum atomic E-state index is 6.37. The lowest BCUT2D eigenvalue weighted by molar-refractivity contribution is 0.166. The highest BCUT2D eigenvalue weighted by molar-refractivity contribution is 6.72. The molecule has 0 amide bonds. The average molecular weight is 298 g/mol. The standard InChI is InChI=1S/C17H33O2Si/c1-3-18-20(19-4-2,17-13-9-6-10-14-17)15-16-11-7-5-8-12-16/h15-17H,3-14H2,1-2H3. The van der Waals surface area contributed by atoms with Crippen LogP contribution in [0.15, 0.2) is 0 Å². The van der Waals surface area contributed by atoms with E-state index in [2.05, 4.69) is 19.9 Å². The van der Waals surface area contributed by atoms with E-state index in [1.54, 1.807) is 0 Å². The summed E-state index contributed by atoms with van der Waals surface area (Å²) < 4.78 is 12.7. The van der Waals surface area contributed by atoms with Gasteiger partial charge in [0.2, 0.25) is 0 Å². The molecule has 0 saturated heterocycles. The molecule has 0 aromatic heterocycles. The third kappa shape index (κ3) is 4.31. The van der Waals surface area contributed by atoms with E-state index < -0.39 is 8.56 Å². The number of hydrogen-bond donors (Lipinski definition) is 0. The van der Waals surface area contributed by atoms with Gasteiger partial charge in [-0.3, -0.25) is 0 Å². The molecule has 3 heteroatoms. The lowest BCUT2D eigenvalue weighted by atomic mass is 9.91. The van der Waals surface area contributed by atoms with Gasteiger partial charge in [-0.2, -0.15) is 0 Å². The summed E-state index contributed by atoms with van der Waals surface area (Å²) >= 11 is 0. The van der Waals surface area contributed by atoms with E-state index in [4.69, 9.17) is 8.85 Å². The third-order valence-electron chi connectivity index (χ3n) is 5.03. The van der Waals surface area contributed by atoms with Crippen molar-refractivity contribution in [3.63, 3.8) is 0 Å². The summed E-state index contributed by atoms with van der Waals surface area (Å²) in [5, 5.41) is 0. The van der Waals surface area contributed by atoms with Crippen LogP contribution in [-0.2, 0) is 8.85 Å². The van der Waals surface area contributed by atoms with Crippen LogP contribution in [0.1, 0.15) is 78.1 Å². The van der Waals surface area contributed by atoms with Crippen LogP contribution in [0, 0.1) is 12.0 Å². The van der Waals surface area contributed by atoms with Gasteiger partial charge in [0.1, 0.15) is 0 Å². The predicted molar refractivity (Wildman–Crippen MR) is 86.7 cm³/mol. The molecule has 0 unspecified atom stereocenters. The summed E-state index contributed by atoms with van der Waals surface area (Å²) in [6.45, 7) is 5.90. The zero-order chi connectivity index (χ0) is 14.3. The quantitative estimate of drug-likeness (QED) is 0.604. The first-order chi connectivity index (χ1) is 9.80. The number of rotatable bonds is 7. The Hall–Kier alpha value is 0.137. The second-order valence-corrected chi connectivity index (χ2v) is 9.66. The highest BCUT2D eigenvalue weighted by Gasteiger charge is 2.47. The molecule has 0 heterocycles. The second kappa shape index (κ2) is 8.55. The fourth-order valence-electron chi connectivity index (χ4n) is 4.10. The van der Waals surface area contributed by atoms with E-state index in [-0.39, 0.29) is 0 Å². The summed E-state index contributed by atoms with van der Waals surface area (Å²) in [5.74, 6) is 0.760. The van der Waals surface area contributed by atoms with Crippen molar-refractivity contribution >= 4 is 8.56 Å². The Morgan fingerprint density at radius 3 is 1.80 bits per heavy atom. The van der Waals surface area contributed by atoms with Gasteiger partial charge in [-0.15, -0.1) is 0 Å². The Balaban J connectivity index is 2.06. The molecular formula is C17H33O2Si. The Labute approximate surface area is 126 Å². The molecule has 0 N–H and O–H groups in total. The second-order valence-electron chi connectivity index (χ2n) is 6.49. The zero-order valence-corrected chi connectivity index (χ0v) is 14.5. The fraction of sp³-hybridized carbons (Fsp3) is 0.941. The minimum Gasteiger partial charge on any atom is -0.394 e. The lowest BCUT2D eigenvalue weighted by Crippen LogP contribution is -2.50. The van der Waals surface area contributed by atoms with E-state index in [0.717, 1.165) is 19.1 Å². The molecule has 20 heavy (non-hydrogen) atoms. The largest absolute Gasteiger partial charge is 0.394 e. The molecule has 0 bridgehead atoms. The molecule has 0 spiro atoms. The van der Waals surface area contributed by atoms with Crippen LogP contribution < -0.4 is 0 Å². The molecule has 2 saturated carbocycles. The summed E-state index contributed by atoms with van der Waals surface area (Å²) in [7, 11) is -2.11. The maximum Gasteiger partial charge on any atom is 0.345 e. The van der Waals surface area contributed by atoms with E-state index in [9.17, 15) is 0 Å². The van der Waals surface area contributed by atoms with Gasteiger partial charge in [-0.05, 0) is 32.6 Å². The zero-order valence-electron chi connectivity index (χ0n) is 13.5. The Morgan fingerprint density at radius 2 is 1.30 bits per heavy atom. The third-order valence-corrected chi connectivity index (χ3v) is 9.16. The minimum atomic E-state index is -2.11. The van der Waals surface area contributed by atoms with Crippen LogP contribution in [0.4, 0.5) is 0 Å². The van der Waals surface area contributed by atoms with Crippen molar-refractivity contribution in [2.45, 2.75) is 83.6 Å². The Morgan fingerprint density at radius 1 is 0.800 bits per heavy atom. The topological polar surface area (TPSA) is 18.5 Å². The molecule has 2 fully saturated rings. The first-order valence-corrected chi connectivity index (χ1v) is 10.9. The van der Waals surface area contributed by atoms with Crippen LogP contribution in [0.3, 0.4) is 0 Å². The SMILES string of the molecule is CCO[Si]([CH]C1CCCCC1)(OCC)C1CCCCC1. The Bertz CT molecular complexity index is 252. The average Bonchev–Trinajstić information content (AvgIpc) is 2.49. The monoisotopic (exact) mass is 297 g/mol. The molecular weight excluding hydrogens is 264 g/mol. The van der Waals surface area contributed by atoms with Crippen molar-refractivity contribution in [2.24, 2.45) is 5.92 Å². The van der Waals surface area contributed by atoms with Gasteiger partial charge < -0.3 is 8.85 Å². The van der Waals surface area contributed by atoms with Crippen LogP contribution >= 0.6 is 0 Å². The van der Waals surface area contributed by atoms with Gasteiger partial charge in [0.15, 0.2) is 0 Å². The van der Waals surface area contributed by atoms with Crippen LogP contribution in [0.5, 0.6) is 0 Å². The molecule has 2 aliphatic rings. The highest BCUT2D eigenvalue weighted by atomic mass is 28.4. The molecule has 0 aromatic carbocycles. The van der Waals surface area contributed by atoms with E-state index in [1.165, 1.54) is 64.2 Å². The van der Waals surface area contributed by atoms with E-state index in [1.807, 2.05) is 0 Å². The molecule has 1 radical (unpaired) electrons. The predicted octanol–water partition coefficient (Wildman–Crippen LogP) is 5.16.